The largest absolute Gasteiger partial charge is 0.417 e. The molecule has 1 aromatic heterocycles. The van der Waals surface area contributed by atoms with Crippen molar-refractivity contribution < 1.29 is 22.8 Å². The number of benzene rings is 1. The first kappa shape index (κ1) is 19.2. The average Bonchev–Trinajstić information content (AvgIpc) is 3.44. The molecule has 27 heavy (non-hydrogen) atoms. The maximum Gasteiger partial charge on any atom is 0.417 e. The number of hydrogen-bond donors (Lipinski definition) is 2. The van der Waals surface area contributed by atoms with Crippen molar-refractivity contribution in [3.8, 4) is 0 Å². The van der Waals surface area contributed by atoms with E-state index in [1.165, 1.54) is 6.07 Å². The van der Waals surface area contributed by atoms with Crippen LogP contribution < -0.4 is 10.6 Å². The van der Waals surface area contributed by atoms with Gasteiger partial charge in [0, 0.05) is 12.2 Å². The minimum absolute atomic E-state index is 0.0447. The number of carbonyl (C=O) groups is 2. The van der Waals surface area contributed by atoms with Crippen LogP contribution in [-0.4, -0.2) is 28.6 Å². The first-order valence-electron chi connectivity index (χ1n) is 8.19. The Morgan fingerprint density at radius 3 is 2.52 bits per heavy atom. The Bertz CT molecular complexity index is 836. The van der Waals surface area contributed by atoms with E-state index in [9.17, 15) is 22.8 Å². The fraction of sp³-hybridized carbons (Fsp3) is 0.278. The molecule has 1 aromatic carbocycles. The molecule has 1 heterocycles. The van der Waals surface area contributed by atoms with Crippen LogP contribution in [0.4, 0.5) is 18.9 Å². The number of rotatable bonds is 6. The first-order chi connectivity index (χ1) is 12.8. The number of nitrogens with one attached hydrogen (secondary N) is 2. The molecule has 2 N–H and O–H groups in total. The standard InChI is InChI=1S/C18H16F3N3O2S/c19-18(20,21)11-5-8-16(22-9-11)27-10-15(25)24-14-4-2-1-3-13(14)17(26)23-12-6-7-12/h1-5,8-9,12H,6-7,10H2,(H,23,26)(H,24,25). The predicted molar refractivity (Wildman–Crippen MR) is 95.5 cm³/mol. The van der Waals surface area contributed by atoms with Crippen molar-refractivity contribution in [1.29, 1.82) is 0 Å². The van der Waals surface area contributed by atoms with E-state index >= 15 is 0 Å². The summed E-state index contributed by atoms with van der Waals surface area (Å²) in [6, 6.07) is 9.00. The quantitative estimate of drug-likeness (QED) is 0.732. The van der Waals surface area contributed by atoms with Crippen molar-refractivity contribution >= 4 is 29.3 Å². The van der Waals surface area contributed by atoms with Crippen molar-refractivity contribution in [3.63, 3.8) is 0 Å². The summed E-state index contributed by atoms with van der Waals surface area (Å²) in [5.41, 5.74) is -0.0797. The highest BCUT2D eigenvalue weighted by Crippen LogP contribution is 2.29. The average molecular weight is 395 g/mol. The van der Waals surface area contributed by atoms with E-state index in [2.05, 4.69) is 15.6 Å². The lowest BCUT2D eigenvalue weighted by Crippen LogP contribution is -2.27. The van der Waals surface area contributed by atoms with Crippen LogP contribution in [0.3, 0.4) is 0 Å². The predicted octanol–water partition coefficient (Wildman–Crippen LogP) is 3.72. The fourth-order valence-corrected chi connectivity index (χ4v) is 2.88. The van der Waals surface area contributed by atoms with Crippen molar-refractivity contribution in [2.45, 2.75) is 30.1 Å². The minimum atomic E-state index is -4.45. The van der Waals surface area contributed by atoms with E-state index in [4.69, 9.17) is 0 Å². The molecule has 9 heteroatoms. The topological polar surface area (TPSA) is 71.1 Å². The molecule has 1 fully saturated rings. The summed E-state index contributed by atoms with van der Waals surface area (Å²) >= 11 is 1.01. The summed E-state index contributed by atoms with van der Waals surface area (Å²) in [7, 11) is 0. The van der Waals surface area contributed by atoms with Crippen molar-refractivity contribution in [2.75, 3.05) is 11.1 Å². The van der Waals surface area contributed by atoms with Gasteiger partial charge in [-0.25, -0.2) is 4.98 Å². The molecule has 0 atom stereocenters. The number of aromatic nitrogens is 1. The third-order valence-corrected chi connectivity index (χ3v) is 4.72. The van der Waals surface area contributed by atoms with Crippen LogP contribution in [0.5, 0.6) is 0 Å². The SMILES string of the molecule is O=C(CSc1ccc(C(F)(F)F)cn1)Nc1ccccc1C(=O)NC1CC1. The van der Waals surface area contributed by atoms with E-state index < -0.39 is 11.7 Å². The summed E-state index contributed by atoms with van der Waals surface area (Å²) < 4.78 is 37.6. The zero-order valence-electron chi connectivity index (χ0n) is 14.0. The number of nitrogens with zero attached hydrogens (tertiary/aromatic N) is 1. The van der Waals surface area contributed by atoms with Crippen LogP contribution in [0.1, 0.15) is 28.8 Å². The number of anilines is 1. The monoisotopic (exact) mass is 395 g/mol. The Balaban J connectivity index is 1.57. The molecule has 1 aliphatic carbocycles. The lowest BCUT2D eigenvalue weighted by Gasteiger charge is -2.11. The van der Waals surface area contributed by atoms with Gasteiger partial charge >= 0.3 is 6.18 Å². The summed E-state index contributed by atoms with van der Waals surface area (Å²) in [5.74, 6) is -0.671. The molecule has 0 radical (unpaired) electrons. The molecule has 142 valence electrons. The van der Waals surface area contributed by atoms with Gasteiger partial charge in [-0.3, -0.25) is 9.59 Å². The molecule has 1 saturated carbocycles. The van der Waals surface area contributed by atoms with E-state index in [-0.39, 0.29) is 23.6 Å². The van der Waals surface area contributed by atoms with Gasteiger partial charge < -0.3 is 10.6 Å². The van der Waals surface area contributed by atoms with E-state index in [0.29, 0.717) is 16.3 Å². The Labute approximate surface area is 157 Å². The van der Waals surface area contributed by atoms with Gasteiger partial charge in [0.1, 0.15) is 0 Å². The summed E-state index contributed by atoms with van der Waals surface area (Å²) in [6.07, 6.45) is -1.80. The van der Waals surface area contributed by atoms with Crippen LogP contribution in [0.2, 0.25) is 0 Å². The smallest absolute Gasteiger partial charge is 0.349 e. The number of amides is 2. The molecule has 5 nitrogen and oxygen atoms in total. The normalized spacial score (nSPS) is 13.9. The fourth-order valence-electron chi connectivity index (χ4n) is 2.24. The second-order valence-electron chi connectivity index (χ2n) is 6.01. The third kappa shape index (κ3) is 5.46. The van der Waals surface area contributed by atoms with Crippen molar-refractivity contribution in [1.82, 2.24) is 10.3 Å². The van der Waals surface area contributed by atoms with Gasteiger partial charge in [-0.05, 0) is 37.1 Å². The van der Waals surface area contributed by atoms with Gasteiger partial charge in [-0.1, -0.05) is 23.9 Å². The molecular weight excluding hydrogens is 379 g/mol. The van der Waals surface area contributed by atoms with E-state index in [1.54, 1.807) is 24.3 Å². The maximum absolute atomic E-state index is 12.5. The highest BCUT2D eigenvalue weighted by Gasteiger charge is 2.30. The van der Waals surface area contributed by atoms with Crippen LogP contribution in [0.15, 0.2) is 47.6 Å². The van der Waals surface area contributed by atoms with Crippen LogP contribution in [0, 0.1) is 0 Å². The Morgan fingerprint density at radius 2 is 1.89 bits per heavy atom. The number of pyridine rings is 1. The number of halogens is 3. The van der Waals surface area contributed by atoms with Gasteiger partial charge in [0.25, 0.3) is 5.91 Å². The van der Waals surface area contributed by atoms with E-state index in [0.717, 1.165) is 36.9 Å². The lowest BCUT2D eigenvalue weighted by molar-refractivity contribution is -0.137. The first-order valence-corrected chi connectivity index (χ1v) is 9.17. The second kappa shape index (κ2) is 7.99. The molecule has 0 spiro atoms. The minimum Gasteiger partial charge on any atom is -0.349 e. The van der Waals surface area contributed by atoms with Crippen LogP contribution in [0.25, 0.3) is 0 Å². The van der Waals surface area contributed by atoms with E-state index in [1.807, 2.05) is 0 Å². The third-order valence-electron chi connectivity index (χ3n) is 3.77. The molecule has 0 aliphatic heterocycles. The zero-order valence-corrected chi connectivity index (χ0v) is 14.9. The molecule has 0 bridgehead atoms. The Hall–Kier alpha value is -2.55. The summed E-state index contributed by atoms with van der Waals surface area (Å²) in [5, 5.41) is 5.83. The molecule has 0 unspecified atom stereocenters. The van der Waals surface area contributed by atoms with Gasteiger partial charge in [-0.15, -0.1) is 0 Å². The van der Waals surface area contributed by atoms with Crippen molar-refractivity contribution in [2.24, 2.45) is 0 Å². The van der Waals surface area contributed by atoms with Crippen LogP contribution >= 0.6 is 11.8 Å². The zero-order chi connectivity index (χ0) is 19.4. The molecule has 3 rings (SSSR count). The van der Waals surface area contributed by atoms with Gasteiger partial charge in [0.2, 0.25) is 5.91 Å². The van der Waals surface area contributed by atoms with Gasteiger partial charge in [-0.2, -0.15) is 13.2 Å². The molecule has 0 saturated heterocycles. The highest BCUT2D eigenvalue weighted by molar-refractivity contribution is 7.99. The van der Waals surface area contributed by atoms with Gasteiger partial charge in [0.05, 0.1) is 27.6 Å². The summed E-state index contributed by atoms with van der Waals surface area (Å²) in [6.45, 7) is 0. The highest BCUT2D eigenvalue weighted by atomic mass is 32.2. The Morgan fingerprint density at radius 1 is 1.15 bits per heavy atom. The number of thioether (sulfide) groups is 1. The molecule has 2 amide bonds. The second-order valence-corrected chi connectivity index (χ2v) is 7.01. The lowest BCUT2D eigenvalue weighted by atomic mass is 10.1. The molecule has 1 aliphatic rings. The molecule has 2 aromatic rings. The number of alkyl halides is 3. The number of hydrogen-bond acceptors (Lipinski definition) is 4. The maximum atomic E-state index is 12.5. The molecular formula is C18H16F3N3O2S. The number of carbonyl (C=O) groups excluding carboxylic acids is 2. The van der Waals surface area contributed by atoms with Crippen molar-refractivity contribution in [3.05, 3.63) is 53.7 Å². The van der Waals surface area contributed by atoms with Gasteiger partial charge in [0.15, 0.2) is 0 Å². The summed E-state index contributed by atoms with van der Waals surface area (Å²) in [4.78, 5) is 28.1. The number of para-hydroxylation sites is 1. The Kier molecular flexibility index (Phi) is 5.69. The van der Waals surface area contributed by atoms with Crippen LogP contribution in [-0.2, 0) is 11.0 Å².